The van der Waals surface area contributed by atoms with Gasteiger partial charge in [0.15, 0.2) is 11.0 Å². The molecule has 0 aliphatic heterocycles. The third kappa shape index (κ3) is 4.15. The summed E-state index contributed by atoms with van der Waals surface area (Å²) in [6.07, 6.45) is 1.75. The topological polar surface area (TPSA) is 81.8 Å². The Morgan fingerprint density at radius 1 is 1.07 bits per heavy atom. The summed E-state index contributed by atoms with van der Waals surface area (Å²) in [4.78, 5) is 25.5. The highest BCUT2D eigenvalue weighted by Gasteiger charge is 2.19. The lowest BCUT2D eigenvalue weighted by atomic mass is 10.3. The number of rotatable bonds is 6. The van der Waals surface area contributed by atoms with E-state index in [1.165, 1.54) is 11.8 Å². The van der Waals surface area contributed by atoms with Gasteiger partial charge in [-0.25, -0.2) is 0 Å². The molecular formula is C20H17N5O2S2. The molecule has 29 heavy (non-hydrogen) atoms. The van der Waals surface area contributed by atoms with Crippen molar-refractivity contribution in [2.45, 2.75) is 5.16 Å². The first-order valence-corrected chi connectivity index (χ1v) is 10.6. The average molecular weight is 424 g/mol. The second-order valence-corrected chi connectivity index (χ2v) is 8.01. The molecule has 1 N–H and O–H groups in total. The van der Waals surface area contributed by atoms with Crippen LogP contribution in [-0.2, 0) is 11.8 Å². The Labute approximate surface area is 175 Å². The van der Waals surface area contributed by atoms with Gasteiger partial charge in [-0.15, -0.1) is 21.5 Å². The number of imide groups is 1. The van der Waals surface area contributed by atoms with Crippen LogP contribution >= 0.6 is 23.1 Å². The van der Waals surface area contributed by atoms with Crippen molar-refractivity contribution in [3.05, 3.63) is 71.9 Å². The van der Waals surface area contributed by atoms with Crippen LogP contribution in [0.15, 0.2) is 71.3 Å². The third-order valence-corrected chi connectivity index (χ3v) is 5.95. The van der Waals surface area contributed by atoms with E-state index in [0.717, 1.165) is 10.6 Å². The van der Waals surface area contributed by atoms with Gasteiger partial charge in [0, 0.05) is 18.9 Å². The Morgan fingerprint density at radius 3 is 2.59 bits per heavy atom. The number of nitrogens with zero attached hydrogens (tertiary/aromatic N) is 4. The molecule has 3 aromatic heterocycles. The fourth-order valence-corrected chi connectivity index (χ4v) is 4.24. The lowest BCUT2D eigenvalue weighted by Gasteiger charge is -2.09. The van der Waals surface area contributed by atoms with E-state index in [2.05, 4.69) is 15.5 Å². The molecule has 0 saturated heterocycles. The van der Waals surface area contributed by atoms with Crippen molar-refractivity contribution >= 4 is 34.9 Å². The first-order valence-electron chi connectivity index (χ1n) is 8.76. The van der Waals surface area contributed by atoms with E-state index in [9.17, 15) is 9.59 Å². The number of para-hydroxylation sites is 1. The van der Waals surface area contributed by atoms with E-state index in [1.54, 1.807) is 41.3 Å². The molecule has 0 unspecified atom stereocenters. The maximum absolute atomic E-state index is 12.3. The number of hydrogen-bond acceptors (Lipinski definition) is 6. The highest BCUT2D eigenvalue weighted by atomic mass is 32.2. The van der Waals surface area contributed by atoms with Gasteiger partial charge in [0.05, 0.1) is 10.6 Å². The van der Waals surface area contributed by atoms with Gasteiger partial charge in [0.2, 0.25) is 5.91 Å². The zero-order valence-electron chi connectivity index (χ0n) is 15.5. The van der Waals surface area contributed by atoms with E-state index in [4.69, 9.17) is 0 Å². The average Bonchev–Trinajstić information content (AvgIpc) is 3.47. The van der Waals surface area contributed by atoms with E-state index < -0.39 is 5.91 Å². The lowest BCUT2D eigenvalue weighted by Crippen LogP contribution is -2.33. The van der Waals surface area contributed by atoms with Crippen LogP contribution in [0, 0.1) is 0 Å². The smallest absolute Gasteiger partial charge is 0.274 e. The lowest BCUT2D eigenvalue weighted by molar-refractivity contribution is -0.117. The highest BCUT2D eigenvalue weighted by molar-refractivity contribution is 7.99. The highest BCUT2D eigenvalue weighted by Crippen LogP contribution is 2.30. The number of aromatic nitrogens is 4. The summed E-state index contributed by atoms with van der Waals surface area (Å²) in [6.45, 7) is 0. The van der Waals surface area contributed by atoms with Gasteiger partial charge in [0.25, 0.3) is 5.91 Å². The molecule has 0 spiro atoms. The van der Waals surface area contributed by atoms with Gasteiger partial charge < -0.3 is 4.57 Å². The molecule has 4 aromatic rings. The molecule has 0 aliphatic rings. The molecular weight excluding hydrogens is 406 g/mol. The summed E-state index contributed by atoms with van der Waals surface area (Å²) in [5.41, 5.74) is 1.33. The molecule has 0 aliphatic carbocycles. The quantitative estimate of drug-likeness (QED) is 0.481. The van der Waals surface area contributed by atoms with Crippen molar-refractivity contribution in [1.82, 2.24) is 24.6 Å². The number of carbonyl (C=O) groups is 2. The number of thiophene rings is 1. The zero-order chi connectivity index (χ0) is 20.2. The van der Waals surface area contributed by atoms with Crippen LogP contribution in [0.2, 0.25) is 0 Å². The molecule has 0 atom stereocenters. The van der Waals surface area contributed by atoms with Gasteiger partial charge in [-0.1, -0.05) is 36.0 Å². The van der Waals surface area contributed by atoms with Crippen molar-refractivity contribution in [1.29, 1.82) is 0 Å². The summed E-state index contributed by atoms with van der Waals surface area (Å²) >= 11 is 2.81. The molecule has 146 valence electrons. The Kier molecular flexibility index (Phi) is 5.59. The fraction of sp³-hybridized carbons (Fsp3) is 0.100. The molecule has 3 heterocycles. The minimum Gasteiger partial charge on any atom is -0.347 e. The number of thioether (sulfide) groups is 1. The molecule has 0 saturated carbocycles. The standard InChI is InChI=1S/C20H17N5O2S2/c1-24-11-5-9-15(24)19(27)21-17(26)13-29-20-23-22-18(16-10-6-12-28-16)25(20)14-7-3-2-4-8-14/h2-12H,13H2,1H3,(H,21,26,27). The fourth-order valence-electron chi connectivity index (χ4n) is 2.79. The molecule has 2 amide bonds. The number of benzene rings is 1. The van der Waals surface area contributed by atoms with Crippen molar-refractivity contribution in [3.8, 4) is 16.4 Å². The number of amides is 2. The van der Waals surface area contributed by atoms with Gasteiger partial charge in [-0.05, 0) is 35.7 Å². The van der Waals surface area contributed by atoms with Gasteiger partial charge in [-0.3, -0.25) is 19.5 Å². The number of hydrogen-bond donors (Lipinski definition) is 1. The van der Waals surface area contributed by atoms with Crippen molar-refractivity contribution in [2.24, 2.45) is 7.05 Å². The number of nitrogens with one attached hydrogen (secondary N) is 1. The van der Waals surface area contributed by atoms with Crippen LogP contribution in [0.4, 0.5) is 0 Å². The van der Waals surface area contributed by atoms with Crippen LogP contribution < -0.4 is 5.32 Å². The predicted molar refractivity (Wildman–Crippen MR) is 113 cm³/mol. The zero-order valence-corrected chi connectivity index (χ0v) is 17.1. The second kappa shape index (κ2) is 8.46. The largest absolute Gasteiger partial charge is 0.347 e. The van der Waals surface area contributed by atoms with E-state index in [-0.39, 0.29) is 11.7 Å². The van der Waals surface area contributed by atoms with Gasteiger partial charge in [0.1, 0.15) is 5.69 Å². The van der Waals surface area contributed by atoms with Crippen LogP contribution in [-0.4, -0.2) is 36.9 Å². The van der Waals surface area contributed by atoms with Crippen molar-refractivity contribution in [2.75, 3.05) is 5.75 Å². The van der Waals surface area contributed by atoms with E-state index >= 15 is 0 Å². The normalized spacial score (nSPS) is 10.8. The third-order valence-electron chi connectivity index (χ3n) is 4.15. The minimum atomic E-state index is -0.424. The Morgan fingerprint density at radius 2 is 1.90 bits per heavy atom. The Balaban J connectivity index is 1.52. The molecule has 7 nitrogen and oxygen atoms in total. The monoisotopic (exact) mass is 423 g/mol. The first-order chi connectivity index (χ1) is 14.1. The van der Waals surface area contributed by atoms with Crippen LogP contribution in [0.3, 0.4) is 0 Å². The second-order valence-electron chi connectivity index (χ2n) is 6.12. The molecule has 1 aromatic carbocycles. The Bertz CT molecular complexity index is 1130. The van der Waals surface area contributed by atoms with Gasteiger partial charge >= 0.3 is 0 Å². The van der Waals surface area contributed by atoms with E-state index in [1.807, 2.05) is 52.4 Å². The summed E-state index contributed by atoms with van der Waals surface area (Å²) in [5.74, 6) is -0.0478. The summed E-state index contributed by atoms with van der Waals surface area (Å²) in [5, 5.41) is 13.6. The predicted octanol–water partition coefficient (Wildman–Crippen LogP) is 3.38. The maximum Gasteiger partial charge on any atom is 0.274 e. The summed E-state index contributed by atoms with van der Waals surface area (Å²) < 4.78 is 3.58. The Hall–Kier alpha value is -3.17. The van der Waals surface area contributed by atoms with Crippen LogP contribution in [0.1, 0.15) is 10.5 Å². The maximum atomic E-state index is 12.3. The molecule has 4 rings (SSSR count). The van der Waals surface area contributed by atoms with Gasteiger partial charge in [-0.2, -0.15) is 0 Å². The van der Waals surface area contributed by atoms with Crippen LogP contribution in [0.25, 0.3) is 16.4 Å². The number of carbonyl (C=O) groups excluding carboxylic acids is 2. The van der Waals surface area contributed by atoms with E-state index in [0.29, 0.717) is 16.7 Å². The van der Waals surface area contributed by atoms with Crippen LogP contribution in [0.5, 0.6) is 0 Å². The molecule has 0 radical (unpaired) electrons. The number of aryl methyl sites for hydroxylation is 1. The SMILES string of the molecule is Cn1cccc1C(=O)NC(=O)CSc1nnc(-c2cccs2)n1-c1ccccc1. The molecule has 0 fully saturated rings. The minimum absolute atomic E-state index is 0.0472. The molecule has 0 bridgehead atoms. The molecule has 9 heteroatoms. The first kappa shape index (κ1) is 19.2. The summed E-state index contributed by atoms with van der Waals surface area (Å²) in [6, 6.07) is 17.1. The van der Waals surface area contributed by atoms with Crippen molar-refractivity contribution in [3.63, 3.8) is 0 Å². The van der Waals surface area contributed by atoms with Crippen molar-refractivity contribution < 1.29 is 9.59 Å². The summed E-state index contributed by atoms with van der Waals surface area (Å²) in [7, 11) is 1.75.